The molecule has 3 heteroatoms. The van der Waals surface area contributed by atoms with Crippen LogP contribution < -0.4 is 5.46 Å². The van der Waals surface area contributed by atoms with Crippen LogP contribution in [0.2, 0.25) is 0 Å². The van der Waals surface area contributed by atoms with E-state index in [9.17, 15) is 0 Å². The molecule has 2 nitrogen and oxygen atoms in total. The second kappa shape index (κ2) is 5.89. The van der Waals surface area contributed by atoms with Crippen molar-refractivity contribution in [3.8, 4) is 22.3 Å². The Morgan fingerprint density at radius 1 is 0.654 bits per heavy atom. The average Bonchev–Trinajstić information content (AvgIpc) is 3.08. The largest absolute Gasteiger partial charge is 0.457 e. The van der Waals surface area contributed by atoms with Gasteiger partial charge in [0.2, 0.25) is 0 Å². The Balaban J connectivity index is 1.63. The predicted molar refractivity (Wildman–Crippen MR) is 108 cm³/mol. The summed E-state index contributed by atoms with van der Waals surface area (Å²) in [7, 11) is 6.28. The minimum absolute atomic E-state index is 0.659. The maximum atomic E-state index is 6.28. The molecule has 0 unspecified atom stereocenters. The van der Waals surface area contributed by atoms with Crippen molar-refractivity contribution in [3.63, 3.8) is 0 Å². The van der Waals surface area contributed by atoms with Crippen LogP contribution in [-0.4, -0.2) is 12.8 Å². The molecule has 2 radical (unpaired) electrons. The predicted octanol–water partition coefficient (Wildman–Crippen LogP) is 5.11. The summed E-state index contributed by atoms with van der Waals surface area (Å²) < 4.78 is 5.92. The van der Waals surface area contributed by atoms with Gasteiger partial charge in [-0.3, -0.25) is 4.98 Å². The maximum Gasteiger partial charge on any atom is 0.135 e. The van der Waals surface area contributed by atoms with Crippen LogP contribution in [0, 0.1) is 0 Å². The summed E-state index contributed by atoms with van der Waals surface area (Å²) in [5, 5.41) is 2.14. The lowest BCUT2D eigenvalue weighted by atomic mass is 9.89. The molecule has 5 rings (SSSR count). The van der Waals surface area contributed by atoms with Crippen LogP contribution in [0.15, 0.2) is 89.6 Å². The molecule has 0 atom stereocenters. The first-order valence-corrected chi connectivity index (χ1v) is 8.51. The number of pyridine rings is 1. The van der Waals surface area contributed by atoms with Crippen LogP contribution in [0.1, 0.15) is 0 Å². The monoisotopic (exact) mass is 331 g/mol. The number of hydrogen-bond acceptors (Lipinski definition) is 2. The van der Waals surface area contributed by atoms with E-state index in [0.717, 1.165) is 38.6 Å². The summed E-state index contributed by atoms with van der Waals surface area (Å²) in [4.78, 5) is 4.07. The molecule has 0 N–H and O–H groups in total. The second-order valence-corrected chi connectivity index (χ2v) is 6.35. The van der Waals surface area contributed by atoms with Gasteiger partial charge in [0, 0.05) is 23.2 Å². The lowest BCUT2D eigenvalue weighted by Gasteiger charge is -2.07. The zero-order chi connectivity index (χ0) is 17.5. The Bertz CT molecular complexity index is 1220. The van der Waals surface area contributed by atoms with Crippen LogP contribution in [-0.2, 0) is 0 Å². The molecule has 0 saturated carbocycles. The summed E-state index contributed by atoms with van der Waals surface area (Å²) in [5.41, 5.74) is 6.81. The topological polar surface area (TPSA) is 26.0 Å². The highest BCUT2D eigenvalue weighted by Gasteiger charge is 2.11. The molecule has 0 bridgehead atoms. The highest BCUT2D eigenvalue weighted by atomic mass is 16.3. The second-order valence-electron chi connectivity index (χ2n) is 6.35. The minimum Gasteiger partial charge on any atom is -0.457 e. The van der Waals surface area contributed by atoms with Gasteiger partial charge in [-0.2, -0.15) is 0 Å². The van der Waals surface area contributed by atoms with Gasteiger partial charge >= 0.3 is 0 Å². The van der Waals surface area contributed by atoms with E-state index < -0.39 is 0 Å². The fourth-order valence-electron chi connectivity index (χ4n) is 3.42. The van der Waals surface area contributed by atoms with E-state index in [1.807, 2.05) is 48.8 Å². The van der Waals surface area contributed by atoms with Gasteiger partial charge in [-0.15, -0.1) is 0 Å². The van der Waals surface area contributed by atoms with E-state index in [2.05, 4.69) is 41.4 Å². The molecule has 3 aromatic carbocycles. The molecule has 0 aliphatic rings. The number of rotatable bonds is 2. The third-order valence-corrected chi connectivity index (χ3v) is 4.74. The summed E-state index contributed by atoms with van der Waals surface area (Å²) in [6.07, 6.45) is 3.61. The Morgan fingerprint density at radius 3 is 2.08 bits per heavy atom. The van der Waals surface area contributed by atoms with Crippen molar-refractivity contribution in [1.29, 1.82) is 0 Å². The smallest absolute Gasteiger partial charge is 0.135 e. The zero-order valence-electron chi connectivity index (χ0n) is 14.0. The molecule has 2 aromatic heterocycles. The molecule has 0 aliphatic heterocycles. The third-order valence-electron chi connectivity index (χ3n) is 4.74. The molecule has 26 heavy (non-hydrogen) atoms. The summed E-state index contributed by atoms with van der Waals surface area (Å²) in [6, 6.07) is 24.7. The van der Waals surface area contributed by atoms with Crippen molar-refractivity contribution < 1.29 is 4.42 Å². The molecule has 5 aromatic rings. The highest BCUT2D eigenvalue weighted by Crippen LogP contribution is 2.31. The first kappa shape index (κ1) is 15.0. The molecule has 2 heterocycles. The molecule has 0 fully saturated rings. The number of fused-ring (bicyclic) bond motifs is 3. The Labute approximate surface area is 152 Å². The highest BCUT2D eigenvalue weighted by molar-refractivity contribution is 6.39. The molecule has 0 aliphatic carbocycles. The lowest BCUT2D eigenvalue weighted by molar-refractivity contribution is 0.671. The van der Waals surface area contributed by atoms with E-state index >= 15 is 0 Å². The zero-order valence-corrected chi connectivity index (χ0v) is 14.0. The number of aromatic nitrogens is 1. The fraction of sp³-hybridized carbons (Fsp3) is 0. The van der Waals surface area contributed by atoms with E-state index in [1.54, 1.807) is 0 Å². The first-order valence-electron chi connectivity index (χ1n) is 8.51. The van der Waals surface area contributed by atoms with E-state index in [4.69, 9.17) is 12.3 Å². The number of nitrogens with zero attached hydrogens (tertiary/aromatic N) is 1. The van der Waals surface area contributed by atoms with Gasteiger partial charge in [-0.1, -0.05) is 54.0 Å². The van der Waals surface area contributed by atoms with Gasteiger partial charge in [0.05, 0.1) is 0 Å². The van der Waals surface area contributed by atoms with Crippen LogP contribution in [0.4, 0.5) is 0 Å². The molecular formula is C23H14BNO. The molecule has 0 saturated heterocycles. The van der Waals surface area contributed by atoms with Crippen molar-refractivity contribution in [2.75, 3.05) is 0 Å². The number of benzene rings is 3. The third kappa shape index (κ3) is 2.41. The number of furan rings is 1. The number of hydrogen-bond donors (Lipinski definition) is 0. The van der Waals surface area contributed by atoms with Crippen LogP contribution in [0.3, 0.4) is 0 Å². The Kier molecular flexibility index (Phi) is 3.39. The maximum absolute atomic E-state index is 6.28. The fourth-order valence-corrected chi connectivity index (χ4v) is 3.42. The van der Waals surface area contributed by atoms with E-state index in [0.29, 0.717) is 5.46 Å². The van der Waals surface area contributed by atoms with Crippen molar-refractivity contribution >= 4 is 35.2 Å². The molecule has 0 spiro atoms. The Morgan fingerprint density at radius 2 is 1.31 bits per heavy atom. The van der Waals surface area contributed by atoms with Gasteiger partial charge in [0.1, 0.15) is 19.0 Å². The van der Waals surface area contributed by atoms with Crippen LogP contribution in [0.5, 0.6) is 0 Å². The van der Waals surface area contributed by atoms with Gasteiger partial charge in [-0.25, -0.2) is 0 Å². The normalized spacial score (nSPS) is 11.2. The SMILES string of the molecule is [B]c1cc(-c2ccc(-c3ccncc3)cc2)cc2c1oc1ccccc12. The van der Waals surface area contributed by atoms with Gasteiger partial charge in [0.25, 0.3) is 0 Å². The Hall–Kier alpha value is -3.33. The van der Waals surface area contributed by atoms with Crippen molar-refractivity contribution in [2.45, 2.75) is 0 Å². The molecule has 0 amide bonds. The van der Waals surface area contributed by atoms with Crippen molar-refractivity contribution in [2.24, 2.45) is 0 Å². The van der Waals surface area contributed by atoms with Gasteiger partial charge < -0.3 is 4.42 Å². The first-order chi connectivity index (χ1) is 12.8. The standard InChI is InChI=1S/C23H14BNO/c24-21-14-18(13-20-19-3-1-2-4-22(19)26-23(20)21)16-7-5-15(6-8-16)17-9-11-25-12-10-17/h1-14H. The lowest BCUT2D eigenvalue weighted by Crippen LogP contribution is -2.02. The molecule has 120 valence electrons. The minimum atomic E-state index is 0.659. The van der Waals surface area contributed by atoms with Crippen molar-refractivity contribution in [1.82, 2.24) is 4.98 Å². The summed E-state index contributed by atoms with van der Waals surface area (Å²) in [5.74, 6) is 0. The van der Waals surface area contributed by atoms with Crippen LogP contribution in [0.25, 0.3) is 44.2 Å². The average molecular weight is 331 g/mol. The summed E-state index contributed by atoms with van der Waals surface area (Å²) in [6.45, 7) is 0. The van der Waals surface area contributed by atoms with E-state index in [1.165, 1.54) is 5.56 Å². The quantitative estimate of drug-likeness (QED) is 0.420. The van der Waals surface area contributed by atoms with E-state index in [-0.39, 0.29) is 0 Å². The summed E-state index contributed by atoms with van der Waals surface area (Å²) >= 11 is 0. The van der Waals surface area contributed by atoms with Crippen molar-refractivity contribution in [3.05, 3.63) is 85.2 Å². The molecular weight excluding hydrogens is 317 g/mol. The van der Waals surface area contributed by atoms with Crippen LogP contribution >= 0.6 is 0 Å². The van der Waals surface area contributed by atoms with Gasteiger partial charge in [-0.05, 0) is 46.5 Å². The van der Waals surface area contributed by atoms with Gasteiger partial charge in [0.15, 0.2) is 0 Å². The number of para-hydroxylation sites is 1.